The van der Waals surface area contributed by atoms with Crippen molar-refractivity contribution in [3.05, 3.63) is 35.4 Å². The van der Waals surface area contributed by atoms with Gasteiger partial charge in [0, 0.05) is 6.42 Å². The average molecular weight is 390 g/mol. The van der Waals surface area contributed by atoms with Crippen LogP contribution in [-0.2, 0) is 26.2 Å². The van der Waals surface area contributed by atoms with Gasteiger partial charge in [0.1, 0.15) is 11.6 Å². The minimum absolute atomic E-state index is 0.198. The molecule has 8 nitrogen and oxygen atoms in total. The van der Waals surface area contributed by atoms with E-state index in [1.807, 2.05) is 12.1 Å². The number of carboxylic acid groups (broad SMARTS) is 1. The molecule has 3 rings (SSSR count). The first-order valence-corrected chi connectivity index (χ1v) is 9.29. The van der Waals surface area contributed by atoms with Gasteiger partial charge >= 0.3 is 12.1 Å². The topological polar surface area (TPSA) is 130 Å². The Balaban J connectivity index is 2.14. The van der Waals surface area contributed by atoms with Crippen LogP contribution in [0.2, 0.25) is 0 Å². The Hall–Kier alpha value is -2.61. The smallest absolute Gasteiger partial charge is 0.411 e. The van der Waals surface area contributed by atoms with E-state index < -0.39 is 47.2 Å². The summed E-state index contributed by atoms with van der Waals surface area (Å²) in [5, 5.41) is 20.5. The minimum Gasteiger partial charge on any atom is -0.480 e. The number of nitrogens with zero attached hydrogens (tertiary/aromatic N) is 1. The van der Waals surface area contributed by atoms with E-state index in [9.17, 15) is 24.6 Å². The molecule has 28 heavy (non-hydrogen) atoms. The number of ether oxygens (including phenoxy) is 1. The van der Waals surface area contributed by atoms with Crippen molar-refractivity contribution < 1.29 is 29.3 Å². The highest BCUT2D eigenvalue weighted by atomic mass is 16.6. The first-order valence-electron chi connectivity index (χ1n) is 9.29. The number of primary amides is 1. The molecule has 8 heteroatoms. The maximum Gasteiger partial charge on any atom is 0.411 e. The van der Waals surface area contributed by atoms with Gasteiger partial charge in [-0.3, -0.25) is 9.69 Å². The standard InChI is InChI=1S/C20H26N2O6/c1-19(2,3)28-18(27)22-13(16(24)25)10-14(23)15(22)20(17(21)26)9-8-11-6-4-5-7-12(11)20/h4-7,13-15,23H,8-10H2,1-3H3,(H2,21,26)(H,24,25)/t13-,14?,15?,20?/m0/s1. The van der Waals surface area contributed by atoms with Crippen molar-refractivity contribution in [3.8, 4) is 0 Å². The second-order valence-electron chi connectivity index (χ2n) is 8.48. The lowest BCUT2D eigenvalue weighted by Gasteiger charge is -2.41. The van der Waals surface area contributed by atoms with Gasteiger partial charge in [-0.25, -0.2) is 9.59 Å². The zero-order chi connectivity index (χ0) is 20.9. The molecule has 1 heterocycles. The molecule has 2 aliphatic rings. The Morgan fingerprint density at radius 2 is 1.89 bits per heavy atom. The Bertz CT molecular complexity index is 817. The monoisotopic (exact) mass is 390 g/mol. The summed E-state index contributed by atoms with van der Waals surface area (Å²) in [5.74, 6) is -1.96. The van der Waals surface area contributed by atoms with Gasteiger partial charge in [-0.1, -0.05) is 24.3 Å². The third kappa shape index (κ3) is 3.11. The number of amides is 2. The highest BCUT2D eigenvalue weighted by molar-refractivity contribution is 5.91. The molecule has 1 aromatic rings. The number of nitrogens with two attached hydrogens (primary N) is 1. The van der Waals surface area contributed by atoms with Crippen LogP contribution < -0.4 is 5.73 Å². The molecule has 4 N–H and O–H groups in total. The number of carboxylic acids is 1. The fraction of sp³-hybridized carbons (Fsp3) is 0.550. The number of likely N-dealkylation sites (tertiary alicyclic amines) is 1. The molecule has 3 unspecified atom stereocenters. The normalized spacial score (nSPS) is 29.4. The van der Waals surface area contributed by atoms with Gasteiger partial charge in [-0.15, -0.1) is 0 Å². The zero-order valence-corrected chi connectivity index (χ0v) is 16.2. The van der Waals surface area contributed by atoms with Crippen molar-refractivity contribution in [2.45, 2.75) is 69.2 Å². The van der Waals surface area contributed by atoms with Gasteiger partial charge in [-0.2, -0.15) is 0 Å². The SMILES string of the molecule is CC(C)(C)OC(=O)N1C(C2(C(N)=O)CCc3ccccc32)C(O)C[C@H]1C(=O)O. The van der Waals surface area contributed by atoms with Crippen LogP contribution in [0.25, 0.3) is 0 Å². The number of hydrogen-bond donors (Lipinski definition) is 3. The van der Waals surface area contributed by atoms with E-state index in [0.717, 1.165) is 10.5 Å². The molecular weight excluding hydrogens is 364 g/mol. The number of benzene rings is 1. The van der Waals surface area contributed by atoms with Gasteiger partial charge < -0.3 is 20.7 Å². The highest BCUT2D eigenvalue weighted by Gasteiger charge is 2.61. The van der Waals surface area contributed by atoms with Crippen molar-refractivity contribution in [1.29, 1.82) is 0 Å². The largest absolute Gasteiger partial charge is 0.480 e. The Kier molecular flexibility index (Phi) is 4.87. The van der Waals surface area contributed by atoms with E-state index in [1.165, 1.54) is 0 Å². The number of aryl methyl sites for hydroxylation is 1. The molecule has 1 saturated heterocycles. The predicted molar refractivity (Wildman–Crippen MR) is 99.5 cm³/mol. The highest BCUT2D eigenvalue weighted by Crippen LogP contribution is 2.48. The van der Waals surface area contributed by atoms with Crippen molar-refractivity contribution in [2.75, 3.05) is 0 Å². The average Bonchev–Trinajstić information content (AvgIpc) is 3.12. The summed E-state index contributed by atoms with van der Waals surface area (Å²) in [5.41, 5.74) is 5.11. The predicted octanol–water partition coefficient (Wildman–Crippen LogP) is 1.18. The summed E-state index contributed by atoms with van der Waals surface area (Å²) in [7, 11) is 0. The molecular formula is C20H26N2O6. The van der Waals surface area contributed by atoms with Crippen LogP contribution >= 0.6 is 0 Å². The van der Waals surface area contributed by atoms with Crippen LogP contribution in [0.5, 0.6) is 0 Å². The lowest BCUT2D eigenvalue weighted by Crippen LogP contribution is -2.61. The molecule has 0 radical (unpaired) electrons. The van der Waals surface area contributed by atoms with E-state index in [2.05, 4.69) is 0 Å². The lowest BCUT2D eigenvalue weighted by atomic mass is 9.72. The van der Waals surface area contributed by atoms with Crippen molar-refractivity contribution in [1.82, 2.24) is 4.90 Å². The molecule has 152 valence electrons. The Morgan fingerprint density at radius 1 is 1.25 bits per heavy atom. The molecule has 0 bridgehead atoms. The number of aliphatic hydroxyl groups is 1. The van der Waals surface area contributed by atoms with Gasteiger partial charge in [-0.05, 0) is 44.7 Å². The molecule has 0 spiro atoms. The number of carbonyl (C=O) groups excluding carboxylic acids is 2. The second-order valence-corrected chi connectivity index (χ2v) is 8.48. The fourth-order valence-electron chi connectivity index (χ4n) is 4.54. The molecule has 0 aromatic heterocycles. The molecule has 0 saturated carbocycles. The third-order valence-corrected chi connectivity index (χ3v) is 5.59. The number of rotatable bonds is 3. The summed E-state index contributed by atoms with van der Waals surface area (Å²) in [6, 6.07) is 4.79. The maximum atomic E-state index is 12.9. The lowest BCUT2D eigenvalue weighted by molar-refractivity contribution is -0.143. The molecule has 1 fully saturated rings. The Labute approximate surface area is 163 Å². The molecule has 1 aliphatic carbocycles. The molecule has 1 aliphatic heterocycles. The van der Waals surface area contributed by atoms with Gasteiger partial charge in [0.25, 0.3) is 0 Å². The number of aliphatic carboxylic acids is 1. The quantitative estimate of drug-likeness (QED) is 0.710. The van der Waals surface area contributed by atoms with Crippen molar-refractivity contribution >= 4 is 18.0 Å². The van der Waals surface area contributed by atoms with Crippen LogP contribution in [0, 0.1) is 0 Å². The third-order valence-electron chi connectivity index (χ3n) is 5.59. The van der Waals surface area contributed by atoms with Gasteiger partial charge in [0.05, 0.1) is 17.6 Å². The molecule has 4 atom stereocenters. The van der Waals surface area contributed by atoms with E-state index in [0.29, 0.717) is 12.0 Å². The van der Waals surface area contributed by atoms with Crippen LogP contribution in [0.1, 0.15) is 44.7 Å². The van der Waals surface area contributed by atoms with E-state index in [4.69, 9.17) is 10.5 Å². The fourth-order valence-corrected chi connectivity index (χ4v) is 4.54. The van der Waals surface area contributed by atoms with Gasteiger partial charge in [0.2, 0.25) is 5.91 Å². The number of aliphatic hydroxyl groups excluding tert-OH is 1. The number of fused-ring (bicyclic) bond motifs is 1. The first kappa shape index (κ1) is 20.1. The molecule has 2 amide bonds. The summed E-state index contributed by atoms with van der Waals surface area (Å²) < 4.78 is 5.41. The van der Waals surface area contributed by atoms with Crippen LogP contribution in [0.15, 0.2) is 24.3 Å². The van der Waals surface area contributed by atoms with Crippen molar-refractivity contribution in [3.63, 3.8) is 0 Å². The summed E-state index contributed by atoms with van der Waals surface area (Å²) in [4.78, 5) is 38.5. The number of hydrogen-bond acceptors (Lipinski definition) is 5. The van der Waals surface area contributed by atoms with Crippen LogP contribution in [0.3, 0.4) is 0 Å². The van der Waals surface area contributed by atoms with E-state index in [-0.39, 0.29) is 12.8 Å². The first-order chi connectivity index (χ1) is 13.0. The van der Waals surface area contributed by atoms with Crippen molar-refractivity contribution in [2.24, 2.45) is 5.73 Å². The van der Waals surface area contributed by atoms with Crippen LogP contribution in [-0.4, -0.2) is 56.9 Å². The van der Waals surface area contributed by atoms with Crippen LogP contribution in [0.4, 0.5) is 4.79 Å². The Morgan fingerprint density at radius 3 is 2.46 bits per heavy atom. The van der Waals surface area contributed by atoms with E-state index >= 15 is 0 Å². The maximum absolute atomic E-state index is 12.9. The minimum atomic E-state index is -1.38. The molecule has 1 aromatic carbocycles. The van der Waals surface area contributed by atoms with Gasteiger partial charge in [0.15, 0.2) is 0 Å². The summed E-state index contributed by atoms with van der Waals surface area (Å²) >= 11 is 0. The summed E-state index contributed by atoms with van der Waals surface area (Å²) in [6.07, 6.45) is -1.48. The zero-order valence-electron chi connectivity index (χ0n) is 16.2. The van der Waals surface area contributed by atoms with E-state index in [1.54, 1.807) is 32.9 Å². The summed E-state index contributed by atoms with van der Waals surface area (Å²) in [6.45, 7) is 4.99. The second kappa shape index (κ2) is 6.77. The number of carbonyl (C=O) groups is 3.